The zero-order valence-corrected chi connectivity index (χ0v) is 10.3. The summed E-state index contributed by atoms with van der Waals surface area (Å²) in [5, 5.41) is 3.27. The molecule has 82 valence electrons. The van der Waals surface area contributed by atoms with Crippen LogP contribution in [0.5, 0.6) is 0 Å². The Morgan fingerprint density at radius 2 is 1.86 bits per heavy atom. The normalized spacial score (nSPS) is 13.2. The van der Waals surface area contributed by atoms with E-state index in [2.05, 4.69) is 26.1 Å². The third kappa shape index (κ3) is 5.05. The molecule has 0 aromatic rings. The molecule has 1 N–H and O–H groups in total. The molecule has 0 saturated carbocycles. The van der Waals surface area contributed by atoms with E-state index in [-0.39, 0.29) is 11.2 Å². The van der Waals surface area contributed by atoms with Gasteiger partial charge in [0.05, 0.1) is 0 Å². The first-order chi connectivity index (χ1) is 6.27. The minimum atomic E-state index is -0.279. The van der Waals surface area contributed by atoms with Gasteiger partial charge in [0.1, 0.15) is 0 Å². The Morgan fingerprint density at radius 3 is 2.14 bits per heavy atom. The highest BCUT2D eigenvalue weighted by molar-refractivity contribution is 5.94. The van der Waals surface area contributed by atoms with Crippen molar-refractivity contribution in [3.8, 4) is 0 Å². The van der Waals surface area contributed by atoms with Crippen LogP contribution in [0, 0.1) is 5.41 Å². The number of rotatable bonds is 4. The van der Waals surface area contributed by atoms with E-state index in [1.54, 1.807) is 6.08 Å². The lowest BCUT2D eigenvalue weighted by Crippen LogP contribution is -2.25. The van der Waals surface area contributed by atoms with Crippen LogP contribution in [0.3, 0.4) is 0 Å². The quantitative estimate of drug-likeness (QED) is 0.702. The van der Waals surface area contributed by atoms with Gasteiger partial charge in [-0.1, -0.05) is 27.7 Å². The highest BCUT2D eigenvalue weighted by Crippen LogP contribution is 2.16. The second-order valence-corrected chi connectivity index (χ2v) is 4.94. The molecule has 0 aliphatic carbocycles. The van der Waals surface area contributed by atoms with Gasteiger partial charge in [-0.25, -0.2) is 0 Å². The Hall–Kier alpha value is -0.790. The number of carbonyl (C=O) groups excluding carboxylic acids is 1. The number of hydrogen-bond donors (Lipinski definition) is 1. The Bertz CT molecular complexity index is 221. The number of allylic oxidation sites excluding steroid dienone is 2. The van der Waals surface area contributed by atoms with Crippen molar-refractivity contribution >= 4 is 5.78 Å². The molecule has 0 bridgehead atoms. The van der Waals surface area contributed by atoms with Crippen molar-refractivity contribution in [3.05, 3.63) is 11.8 Å². The summed E-state index contributed by atoms with van der Waals surface area (Å²) >= 11 is 0. The molecule has 0 saturated heterocycles. The lowest BCUT2D eigenvalue weighted by molar-refractivity contribution is -0.121. The molecule has 0 heterocycles. The van der Waals surface area contributed by atoms with E-state index in [9.17, 15) is 4.79 Å². The van der Waals surface area contributed by atoms with Crippen LogP contribution in [0.1, 0.15) is 48.0 Å². The van der Waals surface area contributed by atoms with E-state index in [1.807, 2.05) is 20.8 Å². The average Bonchev–Trinajstić information content (AvgIpc) is 2.00. The van der Waals surface area contributed by atoms with Crippen molar-refractivity contribution in [2.45, 2.75) is 54.0 Å². The molecule has 0 aliphatic heterocycles. The van der Waals surface area contributed by atoms with Crippen LogP contribution in [-0.4, -0.2) is 11.8 Å². The van der Waals surface area contributed by atoms with Crippen LogP contribution in [0.4, 0.5) is 0 Å². The summed E-state index contributed by atoms with van der Waals surface area (Å²) in [5.41, 5.74) is 0.749. The van der Waals surface area contributed by atoms with E-state index in [1.165, 1.54) is 0 Å². The molecule has 0 amide bonds. The van der Waals surface area contributed by atoms with Gasteiger partial charge < -0.3 is 5.32 Å². The van der Waals surface area contributed by atoms with Crippen LogP contribution in [-0.2, 0) is 4.79 Å². The van der Waals surface area contributed by atoms with Crippen molar-refractivity contribution in [2.24, 2.45) is 5.41 Å². The van der Waals surface area contributed by atoms with E-state index >= 15 is 0 Å². The van der Waals surface area contributed by atoms with Crippen molar-refractivity contribution in [1.82, 2.24) is 5.32 Å². The Kier molecular flexibility index (Phi) is 4.89. The van der Waals surface area contributed by atoms with Gasteiger partial charge in [-0.2, -0.15) is 0 Å². The van der Waals surface area contributed by atoms with E-state index in [0.29, 0.717) is 6.04 Å². The first-order valence-corrected chi connectivity index (χ1v) is 5.29. The molecule has 0 atom stereocenters. The molecule has 0 radical (unpaired) electrons. The van der Waals surface area contributed by atoms with E-state index in [0.717, 1.165) is 12.1 Å². The molecule has 0 aromatic heterocycles. The summed E-state index contributed by atoms with van der Waals surface area (Å²) in [4.78, 5) is 11.7. The monoisotopic (exact) mass is 197 g/mol. The summed E-state index contributed by atoms with van der Waals surface area (Å²) < 4.78 is 0. The first kappa shape index (κ1) is 13.2. The first-order valence-electron chi connectivity index (χ1n) is 5.29. The van der Waals surface area contributed by atoms with Gasteiger partial charge in [0.15, 0.2) is 5.78 Å². The molecule has 2 nitrogen and oxygen atoms in total. The molecule has 14 heavy (non-hydrogen) atoms. The lowest BCUT2D eigenvalue weighted by Gasteiger charge is -2.17. The summed E-state index contributed by atoms with van der Waals surface area (Å²) in [6.07, 6.45) is 2.61. The van der Waals surface area contributed by atoms with Crippen molar-refractivity contribution in [2.75, 3.05) is 0 Å². The third-order valence-corrected chi connectivity index (χ3v) is 1.90. The van der Waals surface area contributed by atoms with E-state index in [4.69, 9.17) is 0 Å². The smallest absolute Gasteiger partial charge is 0.162 e. The number of nitrogens with one attached hydrogen (secondary N) is 1. The van der Waals surface area contributed by atoms with Crippen LogP contribution in [0.15, 0.2) is 11.8 Å². The zero-order chi connectivity index (χ0) is 11.4. The topological polar surface area (TPSA) is 29.1 Å². The van der Waals surface area contributed by atoms with Crippen LogP contribution < -0.4 is 5.32 Å². The fourth-order valence-electron chi connectivity index (χ4n) is 0.991. The second-order valence-electron chi connectivity index (χ2n) is 4.94. The Morgan fingerprint density at radius 1 is 1.36 bits per heavy atom. The number of ketones is 1. The van der Waals surface area contributed by atoms with Gasteiger partial charge in [-0.15, -0.1) is 0 Å². The molecular formula is C12H23NO. The molecule has 0 aliphatic rings. The minimum absolute atomic E-state index is 0.183. The standard InChI is InChI=1S/C12H23NO/c1-7-10(13-9(2)3)8-11(14)12(4,5)6/h8-9,13H,7H2,1-6H3/b10-8-. The fourth-order valence-corrected chi connectivity index (χ4v) is 0.991. The molecule has 0 spiro atoms. The largest absolute Gasteiger partial charge is 0.386 e. The summed E-state index contributed by atoms with van der Waals surface area (Å²) in [6, 6.07) is 0.383. The second kappa shape index (κ2) is 5.18. The molecule has 0 fully saturated rings. The van der Waals surface area contributed by atoms with Crippen LogP contribution >= 0.6 is 0 Å². The maximum Gasteiger partial charge on any atom is 0.162 e. The van der Waals surface area contributed by atoms with Gasteiger partial charge in [0.25, 0.3) is 0 Å². The van der Waals surface area contributed by atoms with Gasteiger partial charge in [0.2, 0.25) is 0 Å². The zero-order valence-electron chi connectivity index (χ0n) is 10.3. The van der Waals surface area contributed by atoms with E-state index < -0.39 is 0 Å². The highest BCUT2D eigenvalue weighted by Gasteiger charge is 2.19. The number of carbonyl (C=O) groups is 1. The van der Waals surface area contributed by atoms with Crippen LogP contribution in [0.25, 0.3) is 0 Å². The van der Waals surface area contributed by atoms with Crippen molar-refractivity contribution in [1.29, 1.82) is 0 Å². The van der Waals surface area contributed by atoms with Crippen molar-refractivity contribution in [3.63, 3.8) is 0 Å². The maximum absolute atomic E-state index is 11.7. The molecule has 0 aromatic carbocycles. The molecular weight excluding hydrogens is 174 g/mol. The predicted octanol–water partition coefficient (Wildman–Crippen LogP) is 2.89. The molecule has 2 heteroatoms. The van der Waals surface area contributed by atoms with Gasteiger partial charge >= 0.3 is 0 Å². The predicted molar refractivity (Wildman–Crippen MR) is 61.1 cm³/mol. The summed E-state index contributed by atoms with van der Waals surface area (Å²) in [5.74, 6) is 0.183. The average molecular weight is 197 g/mol. The lowest BCUT2D eigenvalue weighted by atomic mass is 9.90. The summed E-state index contributed by atoms with van der Waals surface area (Å²) in [6.45, 7) is 12.0. The van der Waals surface area contributed by atoms with Crippen LogP contribution in [0.2, 0.25) is 0 Å². The van der Waals surface area contributed by atoms with Crippen molar-refractivity contribution < 1.29 is 4.79 Å². The summed E-state index contributed by atoms with van der Waals surface area (Å²) in [7, 11) is 0. The number of hydrogen-bond acceptors (Lipinski definition) is 2. The Balaban J connectivity index is 4.52. The highest BCUT2D eigenvalue weighted by atomic mass is 16.1. The van der Waals surface area contributed by atoms with Gasteiger partial charge in [-0.3, -0.25) is 4.79 Å². The maximum atomic E-state index is 11.7. The SMILES string of the molecule is CC/C(=C/C(=O)C(C)(C)C)NC(C)C. The third-order valence-electron chi connectivity index (χ3n) is 1.90. The molecule has 0 unspecified atom stereocenters. The van der Waals surface area contributed by atoms with Gasteiger partial charge in [-0.05, 0) is 20.3 Å². The Labute approximate surface area is 87.8 Å². The minimum Gasteiger partial charge on any atom is -0.386 e. The molecule has 0 rings (SSSR count). The fraction of sp³-hybridized carbons (Fsp3) is 0.750. The van der Waals surface area contributed by atoms with Gasteiger partial charge in [0, 0.05) is 23.2 Å².